The number of nitrogens with zero attached hydrogens (tertiary/aromatic N) is 2. The second-order valence-electron chi connectivity index (χ2n) is 5.67. The van der Waals surface area contributed by atoms with Gasteiger partial charge in [0.15, 0.2) is 18.1 Å². The third-order valence-corrected chi connectivity index (χ3v) is 4.39. The van der Waals surface area contributed by atoms with Crippen LogP contribution in [0, 0.1) is 0 Å². The van der Waals surface area contributed by atoms with E-state index < -0.39 is 0 Å². The molecule has 0 aliphatic carbocycles. The van der Waals surface area contributed by atoms with Gasteiger partial charge in [-0.1, -0.05) is 35.0 Å². The van der Waals surface area contributed by atoms with Gasteiger partial charge < -0.3 is 19.2 Å². The molecule has 7 heteroatoms. The molecule has 0 atom stereocenters. The molecule has 0 saturated carbocycles. The molecule has 0 aromatic heterocycles. The van der Waals surface area contributed by atoms with Crippen LogP contribution in [-0.4, -0.2) is 39.5 Å². The molecule has 0 unspecified atom stereocenters. The highest BCUT2D eigenvalue weighted by molar-refractivity contribution is 6.32. The molecule has 1 heterocycles. The van der Waals surface area contributed by atoms with Crippen molar-refractivity contribution in [1.29, 1.82) is 0 Å². The van der Waals surface area contributed by atoms with E-state index in [9.17, 15) is 4.79 Å². The molecule has 136 valence electrons. The molecule has 0 fully saturated rings. The lowest BCUT2D eigenvalue weighted by atomic mass is 10.2. The van der Waals surface area contributed by atoms with Gasteiger partial charge in [0.2, 0.25) is 0 Å². The molecular formula is C19H19ClN2O4. The van der Waals surface area contributed by atoms with Crippen LogP contribution in [-0.2, 0) is 16.1 Å². The van der Waals surface area contributed by atoms with E-state index >= 15 is 0 Å². The Morgan fingerprint density at radius 3 is 2.85 bits per heavy atom. The van der Waals surface area contributed by atoms with Gasteiger partial charge in [-0.05, 0) is 30.2 Å². The Bertz CT molecular complexity index is 838. The van der Waals surface area contributed by atoms with Crippen LogP contribution in [0.25, 0.3) is 0 Å². The minimum Gasteiger partial charge on any atom is -0.493 e. The highest BCUT2D eigenvalue weighted by Gasteiger charge is 2.24. The van der Waals surface area contributed by atoms with Gasteiger partial charge in [-0.3, -0.25) is 4.79 Å². The standard InChI is InChI=1S/C19H19ClN2O4/c1-24-17-10-13(9-15(20)19(17)25-2)11-21-26-12-18(23)22-8-7-14-5-3-4-6-16(14)22/h3-6,9-11H,7-8,12H2,1-2H3/b21-11-. The summed E-state index contributed by atoms with van der Waals surface area (Å²) in [6.45, 7) is 0.530. The summed E-state index contributed by atoms with van der Waals surface area (Å²) in [5, 5.41) is 4.25. The van der Waals surface area contributed by atoms with Crippen LogP contribution >= 0.6 is 11.6 Å². The molecule has 0 spiro atoms. The Hall–Kier alpha value is -2.73. The number of anilines is 1. The zero-order valence-electron chi connectivity index (χ0n) is 14.6. The van der Waals surface area contributed by atoms with Crippen molar-refractivity contribution in [1.82, 2.24) is 0 Å². The largest absolute Gasteiger partial charge is 0.493 e. The zero-order valence-corrected chi connectivity index (χ0v) is 15.3. The first-order valence-corrected chi connectivity index (χ1v) is 8.47. The topological polar surface area (TPSA) is 60.4 Å². The number of rotatable bonds is 6. The fraction of sp³-hybridized carbons (Fsp3) is 0.263. The highest BCUT2D eigenvalue weighted by atomic mass is 35.5. The van der Waals surface area contributed by atoms with Crippen LogP contribution in [0.5, 0.6) is 11.5 Å². The van der Waals surface area contributed by atoms with E-state index in [4.69, 9.17) is 25.9 Å². The quantitative estimate of drug-likeness (QED) is 0.575. The number of methoxy groups -OCH3 is 2. The average Bonchev–Trinajstić information content (AvgIpc) is 3.08. The number of carbonyl (C=O) groups is 1. The van der Waals surface area contributed by atoms with Gasteiger partial charge in [-0.2, -0.15) is 0 Å². The highest BCUT2D eigenvalue weighted by Crippen LogP contribution is 2.35. The van der Waals surface area contributed by atoms with E-state index in [1.165, 1.54) is 26.0 Å². The maximum Gasteiger partial charge on any atom is 0.267 e. The Labute approximate surface area is 156 Å². The number of oxime groups is 1. The first-order chi connectivity index (χ1) is 12.6. The smallest absolute Gasteiger partial charge is 0.267 e. The van der Waals surface area contributed by atoms with Crippen LogP contribution in [0.2, 0.25) is 5.02 Å². The van der Waals surface area contributed by atoms with Gasteiger partial charge in [-0.25, -0.2) is 0 Å². The van der Waals surface area contributed by atoms with Crippen molar-refractivity contribution < 1.29 is 19.1 Å². The van der Waals surface area contributed by atoms with Crippen LogP contribution < -0.4 is 14.4 Å². The summed E-state index contributed by atoms with van der Waals surface area (Å²) in [7, 11) is 3.04. The van der Waals surface area contributed by atoms with E-state index in [-0.39, 0.29) is 12.5 Å². The van der Waals surface area contributed by atoms with Gasteiger partial charge >= 0.3 is 0 Å². The minimum absolute atomic E-state index is 0.127. The zero-order chi connectivity index (χ0) is 18.5. The third-order valence-electron chi connectivity index (χ3n) is 4.11. The summed E-state index contributed by atoms with van der Waals surface area (Å²) in [4.78, 5) is 19.2. The fourth-order valence-corrected chi connectivity index (χ4v) is 3.17. The first kappa shape index (κ1) is 18.1. The molecule has 2 aromatic carbocycles. The van der Waals surface area contributed by atoms with E-state index in [0.29, 0.717) is 28.6 Å². The summed E-state index contributed by atoms with van der Waals surface area (Å²) in [6, 6.07) is 11.3. The van der Waals surface area contributed by atoms with Crippen molar-refractivity contribution in [3.05, 3.63) is 52.5 Å². The lowest BCUT2D eigenvalue weighted by Crippen LogP contribution is -2.31. The predicted octanol–water partition coefficient (Wildman–Crippen LogP) is 3.30. The predicted molar refractivity (Wildman–Crippen MR) is 101 cm³/mol. The van der Waals surface area contributed by atoms with Crippen molar-refractivity contribution in [2.24, 2.45) is 5.16 Å². The lowest BCUT2D eigenvalue weighted by molar-refractivity contribution is -0.122. The van der Waals surface area contributed by atoms with Crippen LogP contribution in [0.4, 0.5) is 5.69 Å². The van der Waals surface area contributed by atoms with Crippen LogP contribution in [0.15, 0.2) is 41.6 Å². The van der Waals surface area contributed by atoms with Crippen molar-refractivity contribution in [3.8, 4) is 11.5 Å². The summed E-state index contributed by atoms with van der Waals surface area (Å²) < 4.78 is 10.4. The molecule has 1 amide bonds. The number of hydrogen-bond donors (Lipinski definition) is 0. The second kappa shape index (κ2) is 8.10. The molecule has 0 bridgehead atoms. The Kier molecular flexibility index (Phi) is 5.63. The molecule has 0 N–H and O–H groups in total. The maximum atomic E-state index is 12.3. The van der Waals surface area contributed by atoms with Gasteiger partial charge in [0.25, 0.3) is 5.91 Å². The first-order valence-electron chi connectivity index (χ1n) is 8.09. The van der Waals surface area contributed by atoms with Crippen molar-refractivity contribution in [2.45, 2.75) is 6.42 Å². The number of carbonyl (C=O) groups excluding carboxylic acids is 1. The van der Waals surface area contributed by atoms with Gasteiger partial charge in [0.1, 0.15) is 0 Å². The van der Waals surface area contributed by atoms with Gasteiger partial charge in [0, 0.05) is 17.8 Å². The number of fused-ring (bicyclic) bond motifs is 1. The van der Waals surface area contributed by atoms with E-state index in [2.05, 4.69) is 5.16 Å². The Balaban J connectivity index is 1.60. The van der Waals surface area contributed by atoms with Crippen molar-refractivity contribution in [3.63, 3.8) is 0 Å². The van der Waals surface area contributed by atoms with Crippen LogP contribution in [0.3, 0.4) is 0 Å². The number of halogens is 1. The number of para-hydroxylation sites is 1. The third kappa shape index (κ3) is 3.75. The molecule has 2 aromatic rings. The number of ether oxygens (including phenoxy) is 2. The van der Waals surface area contributed by atoms with Crippen molar-refractivity contribution >= 4 is 29.4 Å². The monoisotopic (exact) mass is 374 g/mol. The maximum absolute atomic E-state index is 12.3. The molecule has 0 radical (unpaired) electrons. The number of amides is 1. The summed E-state index contributed by atoms with van der Waals surface area (Å²) in [5.74, 6) is 0.818. The van der Waals surface area contributed by atoms with Gasteiger partial charge in [0.05, 0.1) is 25.5 Å². The van der Waals surface area contributed by atoms with E-state index in [1.807, 2.05) is 24.3 Å². The Morgan fingerprint density at radius 2 is 2.08 bits per heavy atom. The summed E-state index contributed by atoms with van der Waals surface area (Å²) in [5.41, 5.74) is 2.78. The van der Waals surface area contributed by atoms with Gasteiger partial charge in [-0.15, -0.1) is 0 Å². The lowest BCUT2D eigenvalue weighted by Gasteiger charge is -2.16. The van der Waals surface area contributed by atoms with Crippen LogP contribution in [0.1, 0.15) is 11.1 Å². The van der Waals surface area contributed by atoms with Crippen molar-refractivity contribution in [2.75, 3.05) is 32.3 Å². The van der Waals surface area contributed by atoms with E-state index in [0.717, 1.165) is 12.1 Å². The number of hydrogen-bond acceptors (Lipinski definition) is 5. The summed E-state index contributed by atoms with van der Waals surface area (Å²) in [6.07, 6.45) is 2.33. The molecule has 6 nitrogen and oxygen atoms in total. The molecular weight excluding hydrogens is 356 g/mol. The van der Waals surface area contributed by atoms with E-state index in [1.54, 1.807) is 17.0 Å². The summed E-state index contributed by atoms with van der Waals surface area (Å²) >= 11 is 6.14. The molecule has 3 rings (SSSR count). The normalized spacial score (nSPS) is 13.0. The molecule has 1 aliphatic heterocycles. The minimum atomic E-state index is -0.133. The molecule has 26 heavy (non-hydrogen) atoms. The Morgan fingerprint density at radius 1 is 1.27 bits per heavy atom. The number of benzene rings is 2. The molecule has 0 saturated heterocycles. The molecule has 1 aliphatic rings. The fourth-order valence-electron chi connectivity index (χ4n) is 2.88. The second-order valence-corrected chi connectivity index (χ2v) is 6.08. The SMILES string of the molecule is COc1cc(/C=N\OCC(=O)N2CCc3ccccc32)cc(Cl)c1OC. The average molecular weight is 375 g/mol.